The highest BCUT2D eigenvalue weighted by atomic mass is 16.6. The van der Waals surface area contributed by atoms with Crippen LogP contribution in [-0.2, 0) is 0 Å². The highest BCUT2D eigenvalue weighted by Gasteiger charge is 2.34. The van der Waals surface area contributed by atoms with Gasteiger partial charge in [-0.15, -0.1) is 0 Å². The van der Waals surface area contributed by atoms with Crippen molar-refractivity contribution in [3.8, 4) is 22.3 Å². The zero-order valence-electron chi connectivity index (χ0n) is 16.8. The first-order chi connectivity index (χ1) is 15.6. The van der Waals surface area contributed by atoms with E-state index < -0.39 is 21.2 Å². The normalized spacial score (nSPS) is 11.0. The van der Waals surface area contributed by atoms with Gasteiger partial charge in [0.25, 0.3) is 0 Å². The number of fused-ring (bicyclic) bond motifs is 2. The molecule has 0 radical (unpaired) electrons. The van der Waals surface area contributed by atoms with E-state index in [0.29, 0.717) is 11.1 Å². The van der Waals surface area contributed by atoms with E-state index in [1.807, 2.05) is 60.7 Å². The minimum absolute atomic E-state index is 0.225. The lowest BCUT2D eigenvalue weighted by Gasteiger charge is -2.12. The van der Waals surface area contributed by atoms with Gasteiger partial charge < -0.3 is 0 Å². The summed E-state index contributed by atoms with van der Waals surface area (Å²) >= 11 is 0. The molecule has 0 N–H and O–H groups in total. The number of rotatable bonds is 4. The summed E-state index contributed by atoms with van der Waals surface area (Å²) in [6.45, 7) is 0. The summed E-state index contributed by atoms with van der Waals surface area (Å²) in [5, 5.41) is 27.8. The molecule has 0 aliphatic rings. The van der Waals surface area contributed by atoms with Crippen LogP contribution in [0.2, 0.25) is 0 Å². The van der Waals surface area contributed by atoms with Gasteiger partial charge in [0, 0.05) is 0 Å². The summed E-state index contributed by atoms with van der Waals surface area (Å²) in [6.07, 6.45) is 0. The van der Waals surface area contributed by atoms with Crippen LogP contribution in [0, 0.1) is 20.2 Å². The molecule has 6 heteroatoms. The molecule has 0 unspecified atom stereocenters. The number of benzene rings is 5. The lowest BCUT2D eigenvalue weighted by molar-refractivity contribution is -0.421. The average molecular weight is 420 g/mol. The van der Waals surface area contributed by atoms with Gasteiger partial charge >= 0.3 is 11.4 Å². The zero-order chi connectivity index (χ0) is 22.2. The number of hydrogen-bond acceptors (Lipinski definition) is 4. The number of nitro benzene ring substituents is 2. The fraction of sp³-hybridized carbons (Fsp3) is 0. The van der Waals surface area contributed by atoms with E-state index in [1.165, 1.54) is 0 Å². The van der Waals surface area contributed by atoms with Crippen molar-refractivity contribution in [1.82, 2.24) is 0 Å². The van der Waals surface area contributed by atoms with Crippen LogP contribution >= 0.6 is 0 Å². The van der Waals surface area contributed by atoms with Crippen molar-refractivity contribution in [2.45, 2.75) is 0 Å². The van der Waals surface area contributed by atoms with Gasteiger partial charge in [-0.3, -0.25) is 20.2 Å². The Morgan fingerprint density at radius 1 is 0.438 bits per heavy atom. The molecular formula is C26H16N2O4. The van der Waals surface area contributed by atoms with Gasteiger partial charge in [-0.1, -0.05) is 84.9 Å². The molecule has 5 aromatic rings. The summed E-state index contributed by atoms with van der Waals surface area (Å²) in [7, 11) is 0. The molecule has 0 bridgehead atoms. The molecule has 0 saturated heterocycles. The number of nitrogens with zero attached hydrogens (tertiary/aromatic N) is 2. The molecule has 0 aliphatic heterocycles. The monoisotopic (exact) mass is 420 g/mol. The van der Waals surface area contributed by atoms with E-state index in [-0.39, 0.29) is 11.1 Å². The predicted molar refractivity (Wildman–Crippen MR) is 126 cm³/mol. The summed E-state index contributed by atoms with van der Waals surface area (Å²) < 4.78 is 0. The van der Waals surface area contributed by atoms with Crippen molar-refractivity contribution in [2.75, 3.05) is 0 Å². The van der Waals surface area contributed by atoms with Gasteiger partial charge in [0.1, 0.15) is 0 Å². The van der Waals surface area contributed by atoms with E-state index in [2.05, 4.69) is 0 Å². The average Bonchev–Trinajstić information content (AvgIpc) is 2.82. The van der Waals surface area contributed by atoms with Crippen molar-refractivity contribution >= 4 is 32.9 Å². The molecular weight excluding hydrogens is 404 g/mol. The fourth-order valence-electron chi connectivity index (χ4n) is 4.30. The smallest absolute Gasteiger partial charge is 0.258 e. The molecule has 0 aromatic heterocycles. The van der Waals surface area contributed by atoms with Gasteiger partial charge in [0.15, 0.2) is 0 Å². The van der Waals surface area contributed by atoms with Crippen LogP contribution in [-0.4, -0.2) is 9.85 Å². The largest absolute Gasteiger partial charge is 0.354 e. The summed E-state index contributed by atoms with van der Waals surface area (Å²) in [4.78, 5) is 23.1. The quantitative estimate of drug-likeness (QED) is 0.228. The Kier molecular flexibility index (Phi) is 4.60. The minimum Gasteiger partial charge on any atom is -0.258 e. The summed E-state index contributed by atoms with van der Waals surface area (Å²) in [5.41, 5.74) is 0.614. The molecule has 0 amide bonds. The van der Waals surface area contributed by atoms with Crippen molar-refractivity contribution in [3.63, 3.8) is 0 Å². The lowest BCUT2D eigenvalue weighted by atomic mass is 9.91. The Labute approximate surface area is 182 Å². The second kappa shape index (κ2) is 7.59. The van der Waals surface area contributed by atoms with Gasteiger partial charge in [-0.05, 0) is 44.8 Å². The number of nitro groups is 2. The second-order valence-corrected chi connectivity index (χ2v) is 7.43. The summed E-state index contributed by atoms with van der Waals surface area (Å²) in [6, 6.07) is 29.1. The molecule has 32 heavy (non-hydrogen) atoms. The van der Waals surface area contributed by atoms with E-state index >= 15 is 0 Å². The standard InChI is InChI=1S/C26H16N2O4/c29-27(30)25-23(21-13-5-9-17-7-1-3-11-19(17)21)15-16-24(26(25)28(31)32)22-14-6-10-18-8-2-4-12-20(18)22/h1-16H. The molecule has 154 valence electrons. The van der Waals surface area contributed by atoms with Crippen LogP contribution in [0.25, 0.3) is 43.8 Å². The topological polar surface area (TPSA) is 86.3 Å². The van der Waals surface area contributed by atoms with E-state index in [0.717, 1.165) is 21.5 Å². The van der Waals surface area contributed by atoms with Crippen LogP contribution in [0.15, 0.2) is 97.1 Å². The van der Waals surface area contributed by atoms with Crippen LogP contribution in [0.1, 0.15) is 0 Å². The Hall–Kier alpha value is -4.58. The third kappa shape index (κ3) is 3.06. The van der Waals surface area contributed by atoms with Crippen molar-refractivity contribution in [1.29, 1.82) is 0 Å². The molecule has 0 spiro atoms. The summed E-state index contributed by atoms with van der Waals surface area (Å²) in [5.74, 6) is 0. The number of hydrogen-bond donors (Lipinski definition) is 0. The lowest BCUT2D eigenvalue weighted by Crippen LogP contribution is -2.02. The van der Waals surface area contributed by atoms with Crippen LogP contribution in [0.5, 0.6) is 0 Å². The fourth-order valence-corrected chi connectivity index (χ4v) is 4.30. The molecule has 5 aromatic carbocycles. The first-order valence-electron chi connectivity index (χ1n) is 9.98. The Morgan fingerprint density at radius 2 is 0.812 bits per heavy atom. The Morgan fingerprint density at radius 3 is 1.22 bits per heavy atom. The van der Waals surface area contributed by atoms with Crippen molar-refractivity contribution in [2.24, 2.45) is 0 Å². The first-order valence-corrected chi connectivity index (χ1v) is 9.98. The maximum atomic E-state index is 12.2. The third-order valence-electron chi connectivity index (χ3n) is 5.68. The van der Waals surface area contributed by atoms with Gasteiger partial charge in [0.05, 0.1) is 21.0 Å². The maximum Gasteiger partial charge on any atom is 0.354 e. The van der Waals surface area contributed by atoms with Crippen LogP contribution < -0.4 is 0 Å². The molecule has 6 nitrogen and oxygen atoms in total. The van der Waals surface area contributed by atoms with Crippen LogP contribution in [0.3, 0.4) is 0 Å². The molecule has 0 saturated carbocycles. The maximum absolute atomic E-state index is 12.2. The van der Waals surface area contributed by atoms with Crippen molar-refractivity contribution in [3.05, 3.63) is 117 Å². The SMILES string of the molecule is O=[N+]([O-])c1c(-c2cccc3ccccc23)ccc(-c2cccc3ccccc23)c1[N+](=O)[O-]. The minimum atomic E-state index is -0.649. The van der Waals surface area contributed by atoms with Crippen molar-refractivity contribution < 1.29 is 9.85 Å². The van der Waals surface area contributed by atoms with E-state index in [4.69, 9.17) is 0 Å². The molecule has 0 aliphatic carbocycles. The zero-order valence-corrected chi connectivity index (χ0v) is 16.8. The predicted octanol–water partition coefficient (Wildman–Crippen LogP) is 7.14. The van der Waals surface area contributed by atoms with Gasteiger partial charge in [-0.25, -0.2) is 0 Å². The first kappa shape index (κ1) is 19.4. The molecule has 0 heterocycles. The third-order valence-corrected chi connectivity index (χ3v) is 5.68. The van der Waals surface area contributed by atoms with Gasteiger partial charge in [0.2, 0.25) is 0 Å². The Bertz CT molecular complexity index is 1420. The van der Waals surface area contributed by atoms with E-state index in [9.17, 15) is 20.2 Å². The Balaban J connectivity index is 1.87. The highest BCUT2D eigenvalue weighted by molar-refractivity contribution is 6.04. The highest BCUT2D eigenvalue weighted by Crippen LogP contribution is 2.46. The van der Waals surface area contributed by atoms with Gasteiger partial charge in [-0.2, -0.15) is 0 Å². The van der Waals surface area contributed by atoms with Crippen LogP contribution in [0.4, 0.5) is 11.4 Å². The second-order valence-electron chi connectivity index (χ2n) is 7.43. The van der Waals surface area contributed by atoms with E-state index in [1.54, 1.807) is 36.4 Å². The molecule has 5 rings (SSSR count). The molecule has 0 fully saturated rings. The molecule has 0 atom stereocenters.